The number of carbonyl (C=O) groups excluding carboxylic acids is 2. The van der Waals surface area contributed by atoms with Crippen LogP contribution < -0.4 is 31.4 Å². The first kappa shape index (κ1) is 90.0. The number of Topliss-reactive ketones (excluding diaryl/α,β-unsaturated/α-hetero) is 1. The molecule has 0 bridgehead atoms. The highest BCUT2D eigenvalue weighted by molar-refractivity contribution is 6.39. The molecule has 38 heteroatoms. The van der Waals surface area contributed by atoms with Crippen molar-refractivity contribution in [3.8, 4) is 68.9 Å². The molecule has 0 saturated carbocycles. The molecule has 4 aromatic heterocycles. The van der Waals surface area contributed by atoms with Gasteiger partial charge in [0, 0.05) is 88.6 Å². The number of nitrogen functional groups attached to an aromatic ring is 1. The number of benzene rings is 9. The van der Waals surface area contributed by atoms with E-state index in [1.165, 1.54) is 72.9 Å². The monoisotopic (exact) mass is 1790 g/mol. The highest BCUT2D eigenvalue weighted by Gasteiger charge is 2.51. The fourth-order valence-corrected chi connectivity index (χ4v) is 15.3. The lowest BCUT2D eigenvalue weighted by Gasteiger charge is -2.37. The molecule has 29 nitrogen and oxygen atoms in total. The number of fused-ring (bicyclic) bond motifs is 7. The zero-order chi connectivity index (χ0) is 90.4. The van der Waals surface area contributed by atoms with Crippen LogP contribution >= 0.6 is 34.8 Å². The minimum atomic E-state index is -4.60. The molecule has 7 atom stereocenters. The number of hydrogen-bond donors (Lipinski definition) is 16. The Labute approximate surface area is 726 Å². The number of aryl methyl sites for hydroxylation is 1. The second-order valence-electron chi connectivity index (χ2n) is 29.1. The number of aromatic hydroxyl groups is 8. The predicted octanol–water partition coefficient (Wildman–Crippen LogP) is 15.1. The molecule has 4 unspecified atom stereocenters. The van der Waals surface area contributed by atoms with Crippen LogP contribution in [0.2, 0.25) is 15.1 Å². The number of ketones is 1. The van der Waals surface area contributed by atoms with Crippen molar-refractivity contribution < 1.29 is 111 Å². The molecule has 17 N–H and O–H groups in total. The number of carbonyl (C=O) groups is 2. The lowest BCUT2D eigenvalue weighted by molar-refractivity contribution is -0.138. The molecule has 1 amide bonds. The fraction of sp³-hybridized carbons (Fsp3) is 0.193. The van der Waals surface area contributed by atoms with Crippen LogP contribution in [0.5, 0.6) is 57.5 Å². The molecule has 1 saturated heterocycles. The summed E-state index contributed by atoms with van der Waals surface area (Å²) in [4.78, 5) is 36.7. The zero-order valence-electron chi connectivity index (χ0n) is 66.0. The van der Waals surface area contributed by atoms with Crippen molar-refractivity contribution in [3.63, 3.8) is 0 Å². The van der Waals surface area contributed by atoms with E-state index < -0.39 is 77.5 Å². The molecule has 17 rings (SSSR count). The van der Waals surface area contributed by atoms with Gasteiger partial charge >= 0.3 is 12.4 Å². The lowest BCUT2D eigenvalue weighted by Crippen LogP contribution is -2.44. The number of phenols is 8. The van der Waals surface area contributed by atoms with E-state index in [4.69, 9.17) is 59.9 Å². The normalized spacial score (nSPS) is 17.8. The van der Waals surface area contributed by atoms with E-state index in [2.05, 4.69) is 52.0 Å². The Balaban J connectivity index is 0.000000136. The van der Waals surface area contributed by atoms with Gasteiger partial charge in [0.2, 0.25) is 11.9 Å². The first-order valence-electron chi connectivity index (χ1n) is 38.1. The Morgan fingerprint density at radius 1 is 0.683 bits per heavy atom. The maximum absolute atomic E-state index is 12.8. The first-order chi connectivity index (χ1) is 60.0. The van der Waals surface area contributed by atoms with Crippen molar-refractivity contribution in [1.82, 2.24) is 28.7 Å². The van der Waals surface area contributed by atoms with Gasteiger partial charge in [-0.15, -0.1) is 0 Å². The number of aliphatic hydroxyl groups excluding tert-OH is 3. The van der Waals surface area contributed by atoms with Crippen molar-refractivity contribution in [3.05, 3.63) is 289 Å². The molecule has 13 aromatic rings. The SMILES string of the molecule is COc1cc(/C=N\Nc2nc3c(N)ncnc3n2C2O[C@@H](CO)[C@H](O)[C@@H]2O)ccc1O.Cc1c(O)ccc2c1OCC1(O)Cc3cc(O)c(O)cc3C21.FC(F)(F)c1ccc(-n2cccc2/C=N/Nc2c(Cl)cc(C(F)(F)F)cc2Cl)cc1.O=C(CCc1ccc(O)cc1)c1c(O)cc(O)cc1O.O=C1Nc2ccccc2C1Cc1cccn1-c1ccc(Cl)cc1. The first-order valence-corrected chi connectivity index (χ1v) is 39.2. The number of aromatic nitrogens is 6. The van der Waals surface area contributed by atoms with E-state index in [1.54, 1.807) is 66.2 Å². The van der Waals surface area contributed by atoms with Crippen molar-refractivity contribution >= 4 is 93.2 Å². The van der Waals surface area contributed by atoms with Crippen molar-refractivity contribution in [2.24, 2.45) is 10.2 Å². The smallest absolute Gasteiger partial charge is 0.416 e. The number of hydrazone groups is 2. The van der Waals surface area contributed by atoms with Gasteiger partial charge in [-0.3, -0.25) is 19.6 Å². The molecule has 126 heavy (non-hydrogen) atoms. The average molecular weight is 1790 g/mol. The highest BCUT2D eigenvalue weighted by Crippen LogP contribution is 2.55. The zero-order valence-corrected chi connectivity index (χ0v) is 68.2. The number of amides is 1. The summed E-state index contributed by atoms with van der Waals surface area (Å²) in [5, 5.41) is 129. The van der Waals surface area contributed by atoms with Gasteiger partial charge in [0.15, 0.2) is 52.0 Å². The molecule has 4 aliphatic rings. The number of nitrogens with two attached hydrogens (primary N) is 1. The summed E-state index contributed by atoms with van der Waals surface area (Å²) in [5.74, 6) is -1.09. The van der Waals surface area contributed by atoms with E-state index in [0.717, 1.165) is 81.3 Å². The van der Waals surface area contributed by atoms with E-state index in [1.807, 2.05) is 60.8 Å². The summed E-state index contributed by atoms with van der Waals surface area (Å²) >= 11 is 17.7. The van der Waals surface area contributed by atoms with Crippen molar-refractivity contribution in [2.75, 3.05) is 42.2 Å². The molecule has 3 aliphatic heterocycles. The van der Waals surface area contributed by atoms with Crippen LogP contribution in [-0.2, 0) is 41.1 Å². The van der Waals surface area contributed by atoms with Crippen LogP contribution in [0.4, 0.5) is 49.5 Å². The Morgan fingerprint density at radius 3 is 2.00 bits per heavy atom. The second-order valence-corrected chi connectivity index (χ2v) is 30.3. The molecule has 7 heterocycles. The number of aliphatic hydroxyl groups is 4. The maximum atomic E-state index is 12.8. The third kappa shape index (κ3) is 19.9. The van der Waals surface area contributed by atoms with Gasteiger partial charge in [0.25, 0.3) is 0 Å². The summed E-state index contributed by atoms with van der Waals surface area (Å²) in [6, 6.07) is 48.3. The molecule has 0 spiro atoms. The lowest BCUT2D eigenvalue weighted by atomic mass is 9.80. The number of ether oxygens (including phenoxy) is 3. The third-order valence-electron chi connectivity index (χ3n) is 20.8. The number of rotatable bonds is 17. The number of halogens is 9. The minimum absolute atomic E-state index is 0.00665. The van der Waals surface area contributed by atoms with Crippen LogP contribution in [0.15, 0.2) is 217 Å². The maximum Gasteiger partial charge on any atom is 0.416 e. The van der Waals surface area contributed by atoms with Crippen LogP contribution in [-0.4, -0.2) is 158 Å². The fourth-order valence-electron chi connectivity index (χ4n) is 14.6. The van der Waals surface area contributed by atoms with Gasteiger partial charge < -0.3 is 95.7 Å². The van der Waals surface area contributed by atoms with Gasteiger partial charge in [-0.05, 0) is 181 Å². The Kier molecular flexibility index (Phi) is 26.9. The number of hydrogen-bond acceptors (Lipinski definition) is 25. The summed E-state index contributed by atoms with van der Waals surface area (Å²) in [6.45, 7) is 1.38. The number of nitrogens with zero attached hydrogens (tertiary/aromatic N) is 8. The quantitative estimate of drug-likeness (QED) is 0.0132. The standard InChI is InChI=1S/C19H11Cl2F6N3.C19H15ClN2O.C18H21N7O6.C17H16O5.C15H14O5/c20-15-8-12(19(25,26)27)9-16(21)17(15)29-28-10-14-2-1-7-30(14)13-5-3-11(4-6-13)18(22,23)24;20-13-7-9-14(10-8-13)22-11-3-4-15(22)12-17-16-5-1-2-6-18(16)21-19(17)23;1-30-10-4-8(2-3-9(10)27)5-22-24-18-23-12-15(19)20-7-21-16(12)25(18)17-14(29)13(28)11(6-26)31-17;1-8-12(18)3-2-10-15-11-5-14(20)13(19)4-9(11)6-17(15,21)7-22-16(8)10;16-10-4-1-9(2-5-10)3-6-12(18)15-13(19)7-11(17)8-14(15)20/h1-10,29H;1-11,17H,12H2,(H,21,23);2-5,7,11,13-14,17,26-29H,6H2,1H3,(H,23,24)(H2,19,20,21);2-5,15,18-21H,6-7H2,1H3;1-2,4-5,7-8,16-17,19-20H,3,6H2/b28-10+;;22-5-;;/t;;11-,13-,14-,17?;;/m..0../s1. The topological polar surface area (TPSA) is 445 Å². The van der Waals surface area contributed by atoms with Gasteiger partial charge in [0.1, 0.15) is 76.9 Å². The van der Waals surface area contributed by atoms with E-state index in [9.17, 15) is 92.1 Å². The van der Waals surface area contributed by atoms with E-state index >= 15 is 0 Å². The number of imidazole rings is 1. The number of nitrogens with one attached hydrogen (secondary N) is 3. The van der Waals surface area contributed by atoms with Crippen LogP contribution in [0, 0.1) is 6.92 Å². The number of alkyl halides is 6. The average Bonchev–Trinajstić information content (AvgIpc) is 1.56. The molecular formula is C88H77Cl3F6N12O17. The van der Waals surface area contributed by atoms with E-state index in [0.29, 0.717) is 52.5 Å². The summed E-state index contributed by atoms with van der Waals surface area (Å²) in [5.41, 5.74) is 18.1. The largest absolute Gasteiger partial charge is 0.508 e. The van der Waals surface area contributed by atoms with Crippen LogP contribution in [0.3, 0.4) is 0 Å². The summed E-state index contributed by atoms with van der Waals surface area (Å²) in [7, 11) is 1.43. The molecular weight excluding hydrogens is 1720 g/mol. The number of anilines is 4. The molecule has 0 radical (unpaired) electrons. The van der Waals surface area contributed by atoms with Crippen LogP contribution in [0.1, 0.15) is 96.3 Å². The number of para-hydroxylation sites is 1. The van der Waals surface area contributed by atoms with E-state index in [-0.39, 0.29) is 115 Å². The molecule has 1 aliphatic carbocycles. The van der Waals surface area contributed by atoms with Crippen molar-refractivity contribution in [1.29, 1.82) is 0 Å². The summed E-state index contributed by atoms with van der Waals surface area (Å²) < 4.78 is 97.9. The predicted molar refractivity (Wildman–Crippen MR) is 455 cm³/mol. The Morgan fingerprint density at radius 2 is 1.33 bits per heavy atom. The van der Waals surface area contributed by atoms with Crippen molar-refractivity contribution in [2.45, 2.75) is 86.9 Å². The highest BCUT2D eigenvalue weighted by atomic mass is 35.5. The van der Waals surface area contributed by atoms with Crippen LogP contribution in [0.25, 0.3) is 22.5 Å². The number of methoxy groups -OCH3 is 1. The second kappa shape index (κ2) is 37.7. The Bertz CT molecular complexity index is 6190. The summed E-state index contributed by atoms with van der Waals surface area (Å²) in [6.07, 6.45) is -4.67. The minimum Gasteiger partial charge on any atom is -0.508 e. The van der Waals surface area contributed by atoms with Gasteiger partial charge in [0.05, 0.1) is 64.6 Å². The third-order valence-corrected chi connectivity index (χ3v) is 21.7. The number of phenolic OH excluding ortho intramolecular Hbond substituents is 8. The van der Waals surface area contributed by atoms with Gasteiger partial charge in [-0.1, -0.05) is 71.2 Å². The van der Waals surface area contributed by atoms with Gasteiger partial charge in [-0.25, -0.2) is 20.4 Å². The Hall–Kier alpha value is -13.8. The molecule has 1 fully saturated rings. The molecule has 9 aromatic carbocycles. The molecule has 654 valence electrons. The van der Waals surface area contributed by atoms with Gasteiger partial charge in [-0.2, -0.15) is 36.5 Å².